The fourth-order valence-corrected chi connectivity index (χ4v) is 6.04. The van der Waals surface area contributed by atoms with Crippen molar-refractivity contribution >= 4 is 95.2 Å². The minimum Gasteiger partial charge on any atom is -0.478 e. The number of anilines is 1. The van der Waals surface area contributed by atoms with Gasteiger partial charge >= 0.3 is 5.97 Å². The van der Waals surface area contributed by atoms with Crippen molar-refractivity contribution in [2.75, 3.05) is 18.5 Å². The molecule has 0 saturated carbocycles. The maximum absolute atomic E-state index is 12.9. The van der Waals surface area contributed by atoms with Crippen molar-refractivity contribution in [3.63, 3.8) is 0 Å². The molecule has 0 atom stereocenters. The number of hydrogen-bond acceptors (Lipinski definition) is 5. The molecule has 0 spiro atoms. The highest BCUT2D eigenvalue weighted by Gasteiger charge is 2.28. The molecule has 0 aliphatic heterocycles. The number of rotatable bonds is 9. The molecular formula is C19H16Br4NO6P. The molecule has 0 fully saturated rings. The van der Waals surface area contributed by atoms with Gasteiger partial charge in [-0.1, -0.05) is 0 Å². The second-order valence-electron chi connectivity index (χ2n) is 5.74. The first-order valence-electron chi connectivity index (χ1n) is 8.74. The van der Waals surface area contributed by atoms with Gasteiger partial charge in [0.2, 0.25) is 13.9 Å². The van der Waals surface area contributed by atoms with Crippen molar-refractivity contribution in [1.29, 1.82) is 0 Å². The van der Waals surface area contributed by atoms with Gasteiger partial charge in [0.05, 0.1) is 24.3 Å². The molecular weight excluding hydrogens is 689 g/mol. The minimum absolute atomic E-state index is 0.0641. The zero-order valence-corrected chi connectivity index (χ0v) is 23.4. The Kier molecular flexibility index (Phi) is 10.3. The SMILES string of the molecule is CCOP(OCC)C(=O)c1ccc(NC(=O)c2c(Br)c(Br)c(Br)c(Br)c2C(=O)O)cc1. The van der Waals surface area contributed by atoms with Gasteiger partial charge < -0.3 is 19.5 Å². The number of carbonyl (C=O) groups excluding carboxylic acids is 2. The number of benzene rings is 2. The highest BCUT2D eigenvalue weighted by atomic mass is 79.9. The average molecular weight is 705 g/mol. The molecule has 0 aliphatic rings. The highest BCUT2D eigenvalue weighted by Crippen LogP contribution is 2.43. The molecule has 0 radical (unpaired) electrons. The fourth-order valence-electron chi connectivity index (χ4n) is 2.43. The normalized spacial score (nSPS) is 10.9. The summed E-state index contributed by atoms with van der Waals surface area (Å²) in [6, 6.07) is 6.19. The molecule has 2 rings (SSSR count). The smallest absolute Gasteiger partial charge is 0.337 e. The number of carboxylic acid groups (broad SMARTS) is 1. The lowest BCUT2D eigenvalue weighted by Crippen LogP contribution is -2.18. The van der Waals surface area contributed by atoms with Crippen molar-refractivity contribution in [3.05, 3.63) is 58.8 Å². The van der Waals surface area contributed by atoms with Crippen LogP contribution in [0.25, 0.3) is 0 Å². The molecule has 0 aliphatic carbocycles. The monoisotopic (exact) mass is 701 g/mol. The van der Waals surface area contributed by atoms with Crippen molar-refractivity contribution in [2.45, 2.75) is 13.8 Å². The molecule has 0 bridgehead atoms. The van der Waals surface area contributed by atoms with Crippen LogP contribution in [-0.2, 0) is 9.05 Å². The summed E-state index contributed by atoms with van der Waals surface area (Å²) in [5.41, 5.74) is 0.231. The third-order valence-electron chi connectivity index (χ3n) is 3.76. The van der Waals surface area contributed by atoms with E-state index in [1.165, 1.54) is 0 Å². The highest BCUT2D eigenvalue weighted by molar-refractivity contribution is 9.15. The molecule has 12 heteroatoms. The van der Waals surface area contributed by atoms with E-state index in [2.05, 4.69) is 69.0 Å². The quantitative estimate of drug-likeness (QED) is 0.163. The number of halogens is 4. The van der Waals surface area contributed by atoms with Crippen LogP contribution in [0.3, 0.4) is 0 Å². The summed E-state index contributed by atoms with van der Waals surface area (Å²) in [7, 11) is -1.70. The summed E-state index contributed by atoms with van der Waals surface area (Å²) in [6.45, 7) is 4.26. The number of carboxylic acids is 1. The Morgan fingerprint density at radius 2 is 1.35 bits per heavy atom. The summed E-state index contributed by atoms with van der Waals surface area (Å²) in [6.07, 6.45) is 0. The Balaban J connectivity index is 2.32. The number of nitrogens with one attached hydrogen (secondary N) is 1. The Morgan fingerprint density at radius 1 is 0.871 bits per heavy atom. The lowest BCUT2D eigenvalue weighted by molar-refractivity contribution is 0.0691. The first-order valence-corrected chi connectivity index (χ1v) is 13.1. The van der Waals surface area contributed by atoms with Gasteiger partial charge in [-0.2, -0.15) is 0 Å². The van der Waals surface area contributed by atoms with Crippen molar-refractivity contribution in [1.82, 2.24) is 0 Å². The van der Waals surface area contributed by atoms with Crippen LogP contribution in [0.5, 0.6) is 0 Å². The summed E-state index contributed by atoms with van der Waals surface area (Å²) >= 11 is 13.1. The zero-order chi connectivity index (χ0) is 23.3. The molecule has 0 unspecified atom stereocenters. The van der Waals surface area contributed by atoms with Gasteiger partial charge in [0.15, 0.2) is 0 Å². The topological polar surface area (TPSA) is 102 Å². The third-order valence-corrected chi connectivity index (χ3v) is 10.1. The van der Waals surface area contributed by atoms with Crippen LogP contribution in [0, 0.1) is 0 Å². The number of hydrogen-bond donors (Lipinski definition) is 2. The molecule has 2 aromatic rings. The summed E-state index contributed by atoms with van der Waals surface area (Å²) < 4.78 is 12.2. The molecule has 31 heavy (non-hydrogen) atoms. The molecule has 166 valence electrons. The standard InChI is InChI=1S/C19H16Br4NO6P/c1-3-29-31(30-4-2)19(28)9-5-7-10(8-6-9)24-17(25)11-12(18(26)27)14(21)16(23)15(22)13(11)20/h5-8H,3-4H2,1-2H3,(H,24,25)(H,26,27). The molecule has 1 amide bonds. The Morgan fingerprint density at radius 3 is 1.81 bits per heavy atom. The van der Waals surface area contributed by atoms with Gasteiger partial charge in [0, 0.05) is 29.1 Å². The molecule has 7 nitrogen and oxygen atoms in total. The lowest BCUT2D eigenvalue weighted by Gasteiger charge is -2.15. The van der Waals surface area contributed by atoms with Crippen LogP contribution < -0.4 is 5.32 Å². The predicted octanol–water partition coefficient (Wildman–Crippen LogP) is 7.21. The largest absolute Gasteiger partial charge is 0.478 e. The van der Waals surface area contributed by atoms with E-state index in [1.54, 1.807) is 38.1 Å². The number of aromatic carboxylic acids is 1. The van der Waals surface area contributed by atoms with Crippen molar-refractivity contribution in [3.8, 4) is 0 Å². The van der Waals surface area contributed by atoms with E-state index >= 15 is 0 Å². The second-order valence-corrected chi connectivity index (χ2v) is 10.3. The maximum atomic E-state index is 12.9. The minimum atomic E-state index is -1.70. The van der Waals surface area contributed by atoms with Gasteiger partial charge in [-0.05, 0) is 102 Å². The third kappa shape index (κ3) is 6.22. The van der Waals surface area contributed by atoms with E-state index < -0.39 is 20.3 Å². The number of carbonyl (C=O) groups is 3. The molecule has 2 N–H and O–H groups in total. The van der Waals surface area contributed by atoms with Crippen LogP contribution >= 0.6 is 72.1 Å². The summed E-state index contributed by atoms with van der Waals surface area (Å²) in [4.78, 5) is 37.2. The van der Waals surface area contributed by atoms with Gasteiger partial charge in [0.25, 0.3) is 5.91 Å². The molecule has 2 aromatic carbocycles. The van der Waals surface area contributed by atoms with Gasteiger partial charge in [-0.15, -0.1) is 0 Å². The average Bonchev–Trinajstić information content (AvgIpc) is 2.74. The predicted molar refractivity (Wildman–Crippen MR) is 133 cm³/mol. The van der Waals surface area contributed by atoms with E-state index in [0.29, 0.717) is 33.4 Å². The molecule has 0 heterocycles. The van der Waals surface area contributed by atoms with Gasteiger partial charge in [0.1, 0.15) is 0 Å². The van der Waals surface area contributed by atoms with Gasteiger partial charge in [-0.3, -0.25) is 9.59 Å². The van der Waals surface area contributed by atoms with Crippen LogP contribution in [0.1, 0.15) is 44.9 Å². The zero-order valence-electron chi connectivity index (χ0n) is 16.2. The van der Waals surface area contributed by atoms with Gasteiger partial charge in [-0.25, -0.2) is 4.79 Å². The molecule has 0 aromatic heterocycles. The lowest BCUT2D eigenvalue weighted by atomic mass is 10.1. The number of amides is 1. The Bertz CT molecular complexity index is 1010. The van der Waals surface area contributed by atoms with E-state index in [4.69, 9.17) is 9.05 Å². The van der Waals surface area contributed by atoms with E-state index in [-0.39, 0.29) is 25.6 Å². The van der Waals surface area contributed by atoms with Crippen LogP contribution in [0.15, 0.2) is 42.2 Å². The fraction of sp³-hybridized carbons (Fsp3) is 0.211. The first kappa shape index (κ1) is 26.6. The molecule has 0 saturated heterocycles. The Hall–Kier alpha value is -0.680. The van der Waals surface area contributed by atoms with Crippen LogP contribution in [0.4, 0.5) is 5.69 Å². The second kappa shape index (κ2) is 12.0. The van der Waals surface area contributed by atoms with Crippen LogP contribution in [0.2, 0.25) is 0 Å². The maximum Gasteiger partial charge on any atom is 0.337 e. The van der Waals surface area contributed by atoms with E-state index in [0.717, 1.165) is 0 Å². The van der Waals surface area contributed by atoms with Crippen molar-refractivity contribution in [2.24, 2.45) is 0 Å². The summed E-state index contributed by atoms with van der Waals surface area (Å²) in [5, 5.41) is 12.3. The van der Waals surface area contributed by atoms with E-state index in [9.17, 15) is 19.5 Å². The van der Waals surface area contributed by atoms with Crippen molar-refractivity contribution < 1.29 is 28.5 Å². The summed E-state index contributed by atoms with van der Waals surface area (Å²) in [5.74, 6) is -1.91. The Labute approximate surface area is 213 Å². The first-order chi connectivity index (χ1) is 14.6. The van der Waals surface area contributed by atoms with Crippen LogP contribution in [-0.4, -0.2) is 35.7 Å². The van der Waals surface area contributed by atoms with E-state index in [1.807, 2.05) is 0 Å².